The fourth-order valence-electron chi connectivity index (χ4n) is 0.714. The zero-order valence-corrected chi connectivity index (χ0v) is 9.02. The first kappa shape index (κ1) is 15.1. The lowest BCUT2D eigenvalue weighted by atomic mass is 10.2. The first-order valence-corrected chi connectivity index (χ1v) is 5.62. The molecular weight excluding hydrogens is 253 g/mol. The van der Waals surface area contributed by atoms with Gasteiger partial charge in [0, 0.05) is 0 Å². The van der Waals surface area contributed by atoms with Crippen LogP contribution in [0.3, 0.4) is 0 Å². The second-order valence-electron chi connectivity index (χ2n) is 2.86. The van der Waals surface area contributed by atoms with Gasteiger partial charge in [0.05, 0.1) is 0 Å². The average Bonchev–Trinajstić information content (AvgIpc) is 2.10. The van der Waals surface area contributed by atoms with Crippen LogP contribution in [0.2, 0.25) is 0 Å². The number of hydrogen-bond acceptors (Lipinski definition) is 3. The molecule has 96 valence electrons. The molecule has 0 spiro atoms. The van der Waals surface area contributed by atoms with Crippen molar-refractivity contribution in [3.63, 3.8) is 0 Å². The van der Waals surface area contributed by atoms with E-state index >= 15 is 0 Å². The predicted octanol–water partition coefficient (Wildman–Crippen LogP) is -0.164. The number of hydrogen-bond donors (Lipinski definition) is 3. The lowest BCUT2D eigenvalue weighted by Gasteiger charge is -2.14. The topological polar surface area (TPSA) is 95.5 Å². The summed E-state index contributed by atoms with van der Waals surface area (Å²) in [5.41, 5.74) is 0. The minimum Gasteiger partial charge on any atom is -0.480 e. The molecule has 0 rings (SSSR count). The minimum atomic E-state index is -4.69. The molecule has 0 heterocycles. The van der Waals surface area contributed by atoms with Crippen molar-refractivity contribution in [2.24, 2.45) is 0 Å². The molecule has 0 unspecified atom stereocenters. The summed E-state index contributed by atoms with van der Waals surface area (Å²) in [5.74, 6) is -1.46. The van der Waals surface area contributed by atoms with E-state index in [1.54, 1.807) is 4.72 Å². The van der Waals surface area contributed by atoms with E-state index in [0.717, 1.165) is 0 Å². The number of aliphatic carboxylic acids is 1. The van der Waals surface area contributed by atoms with Crippen LogP contribution < -0.4 is 9.44 Å². The fourth-order valence-corrected chi connectivity index (χ4v) is 1.79. The summed E-state index contributed by atoms with van der Waals surface area (Å²) in [6.45, 7) is -0.372. The molecule has 1 atom stereocenters. The van der Waals surface area contributed by atoms with E-state index in [1.807, 2.05) is 0 Å². The summed E-state index contributed by atoms with van der Waals surface area (Å²) in [7, 11) is -4.47. The van der Waals surface area contributed by atoms with Gasteiger partial charge in [-0.1, -0.05) is 6.92 Å². The van der Waals surface area contributed by atoms with Crippen LogP contribution in [0.5, 0.6) is 0 Å². The Labute approximate surface area is 90.0 Å². The van der Waals surface area contributed by atoms with Crippen LogP contribution in [0.25, 0.3) is 0 Å². The second kappa shape index (κ2) is 5.46. The maximum Gasteiger partial charge on any atom is 0.402 e. The Balaban J connectivity index is 4.41. The smallest absolute Gasteiger partial charge is 0.402 e. The Morgan fingerprint density at radius 2 is 1.94 bits per heavy atom. The van der Waals surface area contributed by atoms with Gasteiger partial charge in [0.15, 0.2) is 0 Å². The second-order valence-corrected chi connectivity index (χ2v) is 4.39. The van der Waals surface area contributed by atoms with E-state index in [9.17, 15) is 26.4 Å². The predicted molar refractivity (Wildman–Crippen MR) is 47.8 cm³/mol. The van der Waals surface area contributed by atoms with Gasteiger partial charge >= 0.3 is 12.1 Å². The molecule has 0 bridgehead atoms. The molecule has 0 saturated heterocycles. The largest absolute Gasteiger partial charge is 0.480 e. The van der Waals surface area contributed by atoms with Gasteiger partial charge in [-0.15, -0.1) is 0 Å². The Kier molecular flexibility index (Phi) is 5.16. The van der Waals surface area contributed by atoms with Crippen molar-refractivity contribution in [2.75, 3.05) is 6.54 Å². The third-order valence-corrected chi connectivity index (χ3v) is 2.59. The number of carbonyl (C=O) groups is 1. The number of halogens is 3. The number of carboxylic acid groups (broad SMARTS) is 1. The van der Waals surface area contributed by atoms with E-state index in [-0.39, 0.29) is 6.42 Å². The maximum atomic E-state index is 11.7. The van der Waals surface area contributed by atoms with E-state index in [4.69, 9.17) is 5.11 Å². The molecule has 3 N–H and O–H groups in total. The van der Waals surface area contributed by atoms with Crippen molar-refractivity contribution < 1.29 is 31.5 Å². The monoisotopic (exact) mass is 264 g/mol. The van der Waals surface area contributed by atoms with Crippen molar-refractivity contribution in [1.82, 2.24) is 9.44 Å². The number of carboxylic acids is 1. The van der Waals surface area contributed by atoms with Gasteiger partial charge in [0.25, 0.3) is 10.2 Å². The highest BCUT2D eigenvalue weighted by molar-refractivity contribution is 7.87. The summed E-state index contributed by atoms with van der Waals surface area (Å²) in [5, 5.41) is 8.49. The van der Waals surface area contributed by atoms with Crippen LogP contribution in [0.1, 0.15) is 13.3 Å². The first-order chi connectivity index (χ1) is 7.07. The quantitative estimate of drug-likeness (QED) is 0.621. The van der Waals surface area contributed by atoms with Gasteiger partial charge in [-0.3, -0.25) is 4.79 Å². The Bertz CT molecular complexity index is 340. The van der Waals surface area contributed by atoms with Gasteiger partial charge < -0.3 is 5.11 Å². The molecule has 0 fully saturated rings. The minimum absolute atomic E-state index is 0.0811. The van der Waals surface area contributed by atoms with E-state index in [0.29, 0.717) is 0 Å². The van der Waals surface area contributed by atoms with Crippen LogP contribution in [-0.4, -0.2) is 38.3 Å². The SMILES string of the molecule is CC[C@H](NS(=O)(=O)NCC(F)(F)F)C(=O)O. The molecular formula is C6H11F3N2O4S. The number of rotatable bonds is 6. The van der Waals surface area contributed by atoms with Crippen molar-refractivity contribution in [1.29, 1.82) is 0 Å². The van der Waals surface area contributed by atoms with Crippen molar-refractivity contribution >= 4 is 16.2 Å². The zero-order valence-electron chi connectivity index (χ0n) is 8.21. The molecule has 0 aliphatic heterocycles. The summed E-state index contributed by atoms with van der Waals surface area (Å²) in [6.07, 6.45) is -4.78. The highest BCUT2D eigenvalue weighted by Gasteiger charge is 2.30. The normalized spacial score (nSPS) is 14.8. The highest BCUT2D eigenvalue weighted by Crippen LogP contribution is 2.12. The maximum absolute atomic E-state index is 11.7. The molecule has 16 heavy (non-hydrogen) atoms. The third kappa shape index (κ3) is 6.58. The van der Waals surface area contributed by atoms with E-state index < -0.39 is 34.9 Å². The molecule has 6 nitrogen and oxygen atoms in total. The van der Waals surface area contributed by atoms with Gasteiger partial charge in [0.1, 0.15) is 12.6 Å². The van der Waals surface area contributed by atoms with Crippen LogP contribution in [-0.2, 0) is 15.0 Å². The molecule has 0 saturated carbocycles. The summed E-state index contributed by atoms with van der Waals surface area (Å²) >= 11 is 0. The molecule has 0 aliphatic rings. The van der Waals surface area contributed by atoms with Crippen molar-refractivity contribution in [3.05, 3.63) is 0 Å². The highest BCUT2D eigenvalue weighted by atomic mass is 32.2. The Morgan fingerprint density at radius 1 is 1.44 bits per heavy atom. The third-order valence-electron chi connectivity index (χ3n) is 1.47. The number of alkyl halides is 3. The average molecular weight is 264 g/mol. The van der Waals surface area contributed by atoms with Crippen LogP contribution >= 0.6 is 0 Å². The summed E-state index contributed by atoms with van der Waals surface area (Å²) in [4.78, 5) is 10.4. The van der Waals surface area contributed by atoms with Gasteiger partial charge in [-0.2, -0.15) is 31.0 Å². The zero-order chi connectivity index (χ0) is 13.0. The molecule has 0 amide bonds. The van der Waals surface area contributed by atoms with Gasteiger partial charge in [-0.05, 0) is 6.42 Å². The lowest BCUT2D eigenvalue weighted by Crippen LogP contribution is -2.48. The van der Waals surface area contributed by atoms with Crippen LogP contribution in [0.15, 0.2) is 0 Å². The molecule has 0 radical (unpaired) electrons. The standard InChI is InChI=1S/C6H11F3N2O4S/c1-2-4(5(12)13)11-16(14,15)10-3-6(7,8)9/h4,10-11H,2-3H2,1H3,(H,12,13)/t4-/m0/s1. The first-order valence-electron chi connectivity index (χ1n) is 4.14. The lowest BCUT2D eigenvalue weighted by molar-refractivity contribution is -0.139. The van der Waals surface area contributed by atoms with Crippen LogP contribution in [0.4, 0.5) is 13.2 Å². The van der Waals surface area contributed by atoms with Gasteiger partial charge in [-0.25, -0.2) is 0 Å². The molecule has 0 aromatic rings. The van der Waals surface area contributed by atoms with Crippen LogP contribution in [0, 0.1) is 0 Å². The molecule has 0 aliphatic carbocycles. The Morgan fingerprint density at radius 3 is 2.25 bits per heavy atom. The van der Waals surface area contributed by atoms with Gasteiger partial charge in [0.2, 0.25) is 0 Å². The molecule has 0 aromatic heterocycles. The van der Waals surface area contributed by atoms with E-state index in [1.165, 1.54) is 11.6 Å². The van der Waals surface area contributed by atoms with Crippen molar-refractivity contribution in [2.45, 2.75) is 25.6 Å². The Hall–Kier alpha value is -0.870. The molecule has 10 heteroatoms. The molecule has 0 aromatic carbocycles. The fraction of sp³-hybridized carbons (Fsp3) is 0.833. The number of nitrogens with one attached hydrogen (secondary N) is 2. The van der Waals surface area contributed by atoms with E-state index in [2.05, 4.69) is 0 Å². The summed E-state index contributed by atoms with van der Waals surface area (Å²) < 4.78 is 59.8. The summed E-state index contributed by atoms with van der Waals surface area (Å²) in [6, 6.07) is -1.45. The van der Waals surface area contributed by atoms with Crippen molar-refractivity contribution in [3.8, 4) is 0 Å².